The Kier molecular flexibility index (Phi) is 12.8. The van der Waals surface area contributed by atoms with Crippen LogP contribution in [-0.2, 0) is 6.54 Å². The largest absolute Gasteiger partial charge is 0.287 e. The molecule has 1 heterocycles. The summed E-state index contributed by atoms with van der Waals surface area (Å²) in [7, 11) is 0. The number of pyridine rings is 1. The van der Waals surface area contributed by atoms with Gasteiger partial charge in [-0.15, -0.1) is 21.9 Å². The van der Waals surface area contributed by atoms with Gasteiger partial charge < -0.3 is 0 Å². The van der Waals surface area contributed by atoms with Crippen molar-refractivity contribution in [2.75, 3.05) is 0 Å². The summed E-state index contributed by atoms with van der Waals surface area (Å²) in [5, 5.41) is 1.15. The molecule has 7 aromatic rings. The number of hydrogen-bond donors (Lipinski definition) is 0. The van der Waals surface area contributed by atoms with Crippen molar-refractivity contribution in [1.82, 2.24) is 0 Å². The van der Waals surface area contributed by atoms with Crippen LogP contribution in [0.1, 0.15) is 15.9 Å². The second kappa shape index (κ2) is 17.6. The van der Waals surface area contributed by atoms with Gasteiger partial charge >= 0.3 is 0 Å². The van der Waals surface area contributed by atoms with Crippen molar-refractivity contribution >= 4 is 44.7 Å². The molecule has 0 radical (unpaired) electrons. The third-order valence-electron chi connectivity index (χ3n) is 10.3. The van der Waals surface area contributed by atoms with Crippen LogP contribution in [0.3, 0.4) is 0 Å². The maximum atomic E-state index is 15.4. The van der Waals surface area contributed by atoms with Crippen LogP contribution < -0.4 is 26.4 Å². The predicted molar refractivity (Wildman–Crippen MR) is 189 cm³/mol. The Morgan fingerprint density at radius 3 is 1.00 bits per heavy atom. The number of ketones is 1. The van der Waals surface area contributed by atoms with E-state index in [1.165, 1.54) is 0 Å². The molecule has 0 unspecified atom stereocenters. The van der Waals surface area contributed by atoms with E-state index in [1.807, 2.05) is 66.2 Å². The second-order valence-corrected chi connectivity index (χ2v) is 13.7. The van der Waals surface area contributed by atoms with Gasteiger partial charge in [0.15, 0.2) is 76.0 Å². The summed E-state index contributed by atoms with van der Waals surface area (Å²) in [6, 6.07) is 19.9. The van der Waals surface area contributed by atoms with Crippen LogP contribution in [0.4, 0.5) is 87.8 Å². The van der Waals surface area contributed by atoms with Crippen molar-refractivity contribution < 1.29 is 97.2 Å². The number of nitrogens with zero attached hydrogens (tertiary/aromatic N) is 1. The highest BCUT2D eigenvalue weighted by atomic mass is 19.2. The van der Waals surface area contributed by atoms with Gasteiger partial charge in [0.1, 0.15) is 52.7 Å². The highest BCUT2D eigenvalue weighted by molar-refractivity contribution is 7.20. The summed E-state index contributed by atoms with van der Waals surface area (Å²) < 4.78 is 296. The summed E-state index contributed by atoms with van der Waals surface area (Å²) in [6.07, 6.45) is -5.26. The standard InChI is InChI=1S/C24BF20.C18H16NO/c26-5-1(6(27)14(35)21(42)13(5)34)25(2-7(28)15(36)22(43)16(37)8(2)29,3-9(30)17(38)23(44)18(39)10(3)31)4-11(32)19(40)24(45)20(41)12(4)33;1-14-7-2-4-10-16(14)18(20)13-19-12-6-9-15-8-3-5-11-17(15)19/h;2-12H,13H2,1H3/q-1;+1. The molecule has 0 saturated carbocycles. The number of carbonyl (C=O) groups excluding carboxylic acids is 1. The number of fused-ring (bicyclic) bond motifs is 1. The Morgan fingerprint density at radius 1 is 0.385 bits per heavy atom. The predicted octanol–water partition coefficient (Wildman–Crippen LogP) is 9.16. The molecule has 0 aliphatic rings. The lowest BCUT2D eigenvalue weighted by molar-refractivity contribution is -0.657. The normalized spacial score (nSPS) is 11.6. The number of Topliss-reactive ketones (excluding diaryl/α,β-unsaturated/α-hetero) is 1. The summed E-state index contributed by atoms with van der Waals surface area (Å²) >= 11 is 0. The highest BCUT2D eigenvalue weighted by Crippen LogP contribution is 2.31. The van der Waals surface area contributed by atoms with Crippen LogP contribution in [0.25, 0.3) is 10.9 Å². The smallest absolute Gasteiger partial charge is 0.227 e. The minimum absolute atomic E-state index is 0.143. The molecule has 0 saturated heterocycles. The summed E-state index contributed by atoms with van der Waals surface area (Å²) in [5.74, 6) is -71.3. The van der Waals surface area contributed by atoms with Crippen LogP contribution in [0.15, 0.2) is 66.9 Å². The second-order valence-electron chi connectivity index (χ2n) is 13.7. The van der Waals surface area contributed by atoms with Gasteiger partial charge in [-0.3, -0.25) is 4.79 Å². The quantitative estimate of drug-likeness (QED) is 0.0391. The molecule has 0 bridgehead atoms. The molecule has 23 heteroatoms. The molecule has 0 N–H and O–H groups in total. The third kappa shape index (κ3) is 7.39. The van der Waals surface area contributed by atoms with Gasteiger partial charge in [-0.05, 0) is 24.6 Å². The fourth-order valence-corrected chi connectivity index (χ4v) is 7.36. The molecule has 0 fully saturated rings. The van der Waals surface area contributed by atoms with Gasteiger partial charge in [0, 0.05) is 23.1 Å². The Labute approximate surface area is 349 Å². The topological polar surface area (TPSA) is 20.9 Å². The Hall–Kier alpha value is -6.94. The van der Waals surface area contributed by atoms with E-state index in [1.54, 1.807) is 0 Å². The average Bonchev–Trinajstić information content (AvgIpc) is 3.29. The van der Waals surface area contributed by atoms with E-state index >= 15 is 35.1 Å². The van der Waals surface area contributed by atoms with E-state index in [9.17, 15) is 57.5 Å². The maximum absolute atomic E-state index is 15.4. The number of hydrogen-bond acceptors (Lipinski definition) is 1. The van der Waals surface area contributed by atoms with Crippen molar-refractivity contribution in [2.24, 2.45) is 0 Å². The van der Waals surface area contributed by atoms with Crippen LogP contribution in [-0.4, -0.2) is 11.9 Å². The number of para-hydroxylation sites is 1. The summed E-state index contributed by atoms with van der Waals surface area (Å²) in [4.78, 5) is 12.5. The minimum Gasteiger partial charge on any atom is -0.287 e. The van der Waals surface area contributed by atoms with E-state index in [0.29, 0.717) is 6.54 Å². The zero-order chi connectivity index (χ0) is 48.3. The first-order chi connectivity index (χ1) is 30.5. The zero-order valence-electron chi connectivity index (χ0n) is 31.6. The van der Waals surface area contributed by atoms with Crippen LogP contribution in [0.2, 0.25) is 0 Å². The van der Waals surface area contributed by atoms with Crippen molar-refractivity contribution in [3.8, 4) is 0 Å². The van der Waals surface area contributed by atoms with Crippen LogP contribution in [0.5, 0.6) is 0 Å². The lowest BCUT2D eigenvalue weighted by atomic mass is 9.12. The van der Waals surface area contributed by atoms with E-state index in [2.05, 4.69) is 12.1 Å². The molecule has 6 aromatic carbocycles. The molecule has 0 aliphatic carbocycles. The van der Waals surface area contributed by atoms with Crippen molar-refractivity contribution in [2.45, 2.75) is 13.5 Å². The Balaban J connectivity index is 0.000000289. The van der Waals surface area contributed by atoms with Gasteiger partial charge in [0.05, 0.1) is 0 Å². The van der Waals surface area contributed by atoms with Gasteiger partial charge in [-0.1, -0.05) is 36.4 Å². The van der Waals surface area contributed by atoms with Gasteiger partial charge in [0.2, 0.25) is 17.8 Å². The molecule has 65 heavy (non-hydrogen) atoms. The third-order valence-corrected chi connectivity index (χ3v) is 10.3. The van der Waals surface area contributed by atoms with E-state index < -0.39 is 144 Å². The molecule has 1 aromatic heterocycles. The molecular weight excluding hydrogens is 925 g/mol. The van der Waals surface area contributed by atoms with E-state index in [4.69, 9.17) is 0 Å². The van der Waals surface area contributed by atoms with Gasteiger partial charge in [-0.25, -0.2) is 87.8 Å². The van der Waals surface area contributed by atoms with Crippen molar-refractivity contribution in [3.63, 3.8) is 0 Å². The van der Waals surface area contributed by atoms with E-state index in [0.717, 1.165) is 22.0 Å². The summed E-state index contributed by atoms with van der Waals surface area (Å²) in [6.45, 7) is 2.34. The molecular formula is C42H16BF20NO. The van der Waals surface area contributed by atoms with Crippen LogP contribution in [0, 0.1) is 123 Å². The highest BCUT2D eigenvalue weighted by Gasteiger charge is 2.52. The minimum atomic E-state index is -7.22. The number of aryl methyl sites for hydroxylation is 1. The fraction of sp³-hybridized carbons (Fsp3) is 0.0476. The lowest BCUT2D eigenvalue weighted by Crippen LogP contribution is -2.81. The van der Waals surface area contributed by atoms with Crippen molar-refractivity contribution in [1.29, 1.82) is 0 Å². The lowest BCUT2D eigenvalue weighted by Gasteiger charge is -2.44. The van der Waals surface area contributed by atoms with Gasteiger partial charge in [-0.2, -0.15) is 4.57 Å². The molecule has 0 aliphatic heterocycles. The molecule has 2 nitrogen and oxygen atoms in total. The average molecular weight is 941 g/mol. The Morgan fingerprint density at radius 2 is 0.662 bits per heavy atom. The first-order valence-corrected chi connectivity index (χ1v) is 17.7. The van der Waals surface area contributed by atoms with Crippen molar-refractivity contribution in [3.05, 3.63) is 194 Å². The number of benzene rings is 6. The summed E-state index contributed by atoms with van der Waals surface area (Å²) in [5.41, 5.74) is -11.4. The van der Waals surface area contributed by atoms with E-state index in [-0.39, 0.29) is 5.78 Å². The molecule has 7 rings (SSSR count). The van der Waals surface area contributed by atoms with Gasteiger partial charge in [0.25, 0.3) is 0 Å². The number of halogens is 20. The number of aromatic nitrogens is 1. The Bertz CT molecular complexity index is 2740. The first-order valence-electron chi connectivity index (χ1n) is 17.7. The van der Waals surface area contributed by atoms with Crippen LogP contribution >= 0.6 is 0 Å². The maximum Gasteiger partial charge on any atom is 0.227 e. The monoisotopic (exact) mass is 941 g/mol. The fourth-order valence-electron chi connectivity index (χ4n) is 7.36. The molecule has 0 spiro atoms. The SMILES string of the molecule is Cc1ccccc1C(=O)C[n+]1cccc2ccccc21.Fc1c(F)c(F)c([B-](c2c(F)c(F)c(F)c(F)c2F)(c2c(F)c(F)c(F)c(F)c2F)c2c(F)c(F)c(F)c(F)c2F)c(F)c1F. The number of carbonyl (C=O) groups is 1. The molecule has 0 amide bonds. The molecule has 0 atom stereocenters. The number of rotatable bonds is 7. The first kappa shape index (κ1) is 47.5. The zero-order valence-corrected chi connectivity index (χ0v) is 31.6. The molecule has 338 valence electrons.